The van der Waals surface area contributed by atoms with Crippen molar-refractivity contribution < 1.29 is 9.47 Å². The molecular weight excluding hydrogens is 429 g/mol. The van der Waals surface area contributed by atoms with Crippen LogP contribution in [0.1, 0.15) is 30.9 Å². The lowest BCUT2D eigenvalue weighted by Gasteiger charge is -2.21. The van der Waals surface area contributed by atoms with Gasteiger partial charge in [0.2, 0.25) is 0 Å². The van der Waals surface area contributed by atoms with Crippen molar-refractivity contribution in [3.8, 4) is 11.5 Å². The van der Waals surface area contributed by atoms with Crippen LogP contribution in [0.2, 0.25) is 0 Å². The van der Waals surface area contributed by atoms with Gasteiger partial charge in [-0.1, -0.05) is 6.08 Å². The lowest BCUT2D eigenvalue weighted by Crippen LogP contribution is -2.39. The minimum atomic E-state index is 0. The maximum atomic E-state index is 5.49. The average molecular weight is 459 g/mol. The smallest absolute Gasteiger partial charge is 0.194 e. The predicted molar refractivity (Wildman–Crippen MR) is 114 cm³/mol. The van der Waals surface area contributed by atoms with E-state index in [4.69, 9.17) is 14.5 Å². The maximum Gasteiger partial charge on any atom is 0.194 e. The summed E-state index contributed by atoms with van der Waals surface area (Å²) in [4.78, 5) is 7.14. The van der Waals surface area contributed by atoms with Crippen molar-refractivity contribution in [3.63, 3.8) is 0 Å². The van der Waals surface area contributed by atoms with Gasteiger partial charge in [0.15, 0.2) is 17.5 Å². The lowest BCUT2D eigenvalue weighted by atomic mass is 10.1. The molecule has 1 aliphatic rings. The van der Waals surface area contributed by atoms with Gasteiger partial charge in [0.25, 0.3) is 0 Å². The topological polar surface area (TPSA) is 46.1 Å². The molecule has 0 amide bonds. The van der Waals surface area contributed by atoms with Crippen molar-refractivity contribution in [2.75, 3.05) is 33.9 Å². The van der Waals surface area contributed by atoms with Crippen LogP contribution in [-0.4, -0.2) is 44.7 Å². The molecule has 140 valence electrons. The zero-order chi connectivity index (χ0) is 17.4. The molecule has 1 aliphatic heterocycles. The van der Waals surface area contributed by atoms with E-state index in [1.807, 2.05) is 12.1 Å². The predicted octanol–water partition coefficient (Wildman–Crippen LogP) is 3.61. The summed E-state index contributed by atoms with van der Waals surface area (Å²) in [7, 11) is 3.33. The molecule has 1 aromatic rings. The number of hydrogen-bond acceptors (Lipinski definition) is 3. The van der Waals surface area contributed by atoms with Crippen molar-refractivity contribution in [1.82, 2.24) is 10.2 Å². The highest BCUT2D eigenvalue weighted by atomic mass is 127. The number of ether oxygens (including phenoxy) is 2. The molecule has 0 radical (unpaired) electrons. The van der Waals surface area contributed by atoms with E-state index in [-0.39, 0.29) is 24.0 Å². The minimum Gasteiger partial charge on any atom is -0.493 e. The van der Waals surface area contributed by atoms with Gasteiger partial charge in [-0.25, -0.2) is 4.99 Å². The molecule has 0 aliphatic carbocycles. The third-order valence-electron chi connectivity index (χ3n) is 4.13. The number of rotatable bonds is 7. The van der Waals surface area contributed by atoms with Crippen LogP contribution < -0.4 is 14.8 Å². The normalized spacial score (nSPS) is 14.0. The van der Waals surface area contributed by atoms with Crippen molar-refractivity contribution in [2.24, 2.45) is 4.99 Å². The summed E-state index contributed by atoms with van der Waals surface area (Å²) in [5.41, 5.74) is 2.18. The Morgan fingerprint density at radius 2 is 2.00 bits per heavy atom. The molecule has 1 heterocycles. The van der Waals surface area contributed by atoms with Crippen LogP contribution in [0.15, 0.2) is 29.8 Å². The Labute approximate surface area is 168 Å². The van der Waals surface area contributed by atoms with Crippen LogP contribution in [0, 0.1) is 0 Å². The summed E-state index contributed by atoms with van der Waals surface area (Å²) in [6.07, 6.45) is 5.09. The fourth-order valence-corrected chi connectivity index (χ4v) is 3.03. The molecule has 6 heteroatoms. The van der Waals surface area contributed by atoms with Crippen LogP contribution in [0.25, 0.3) is 0 Å². The molecule has 1 saturated heterocycles. The third kappa shape index (κ3) is 5.80. The number of halogens is 1. The van der Waals surface area contributed by atoms with E-state index in [0.717, 1.165) is 54.6 Å². The number of methoxy groups -OCH3 is 2. The highest BCUT2D eigenvalue weighted by molar-refractivity contribution is 14.0. The molecule has 25 heavy (non-hydrogen) atoms. The SMILES string of the molecule is C=CCc1cc(CN=C(NCC)N2CCCC2)cc(OC)c1OC.I. The highest BCUT2D eigenvalue weighted by Crippen LogP contribution is 2.33. The summed E-state index contributed by atoms with van der Waals surface area (Å²) >= 11 is 0. The van der Waals surface area contributed by atoms with Gasteiger partial charge in [-0.3, -0.25) is 0 Å². The van der Waals surface area contributed by atoms with Gasteiger partial charge < -0.3 is 19.7 Å². The Balaban J connectivity index is 0.00000312. The van der Waals surface area contributed by atoms with Crippen molar-refractivity contribution in [1.29, 1.82) is 0 Å². The molecule has 5 nitrogen and oxygen atoms in total. The molecular formula is C19H30IN3O2. The standard InChI is InChI=1S/C19H29N3O2.HI/c1-5-9-16-12-15(13-17(23-3)18(16)24-4)14-21-19(20-6-2)22-10-7-8-11-22;/h5,12-13H,1,6-11,14H2,2-4H3,(H,20,21);1H. The third-order valence-corrected chi connectivity index (χ3v) is 4.13. The number of guanidine groups is 1. The van der Waals surface area contributed by atoms with E-state index >= 15 is 0 Å². The monoisotopic (exact) mass is 459 g/mol. The number of aliphatic imine (C=N–C) groups is 1. The van der Waals surface area contributed by atoms with Crippen LogP contribution in [0.3, 0.4) is 0 Å². The summed E-state index contributed by atoms with van der Waals surface area (Å²) in [5.74, 6) is 2.51. The van der Waals surface area contributed by atoms with Gasteiger partial charge >= 0.3 is 0 Å². The Bertz CT molecular complexity index is 584. The van der Waals surface area contributed by atoms with Crippen molar-refractivity contribution in [3.05, 3.63) is 35.9 Å². The molecule has 1 aromatic carbocycles. The van der Waals surface area contributed by atoms with Gasteiger partial charge in [0.1, 0.15) is 0 Å². The Morgan fingerprint density at radius 3 is 2.56 bits per heavy atom. The van der Waals surface area contributed by atoms with Gasteiger partial charge in [0.05, 0.1) is 20.8 Å². The maximum absolute atomic E-state index is 5.49. The first kappa shape index (κ1) is 21.6. The number of nitrogens with one attached hydrogen (secondary N) is 1. The van der Waals surface area contributed by atoms with Gasteiger partial charge in [0, 0.05) is 25.2 Å². The van der Waals surface area contributed by atoms with Crippen LogP contribution in [0.5, 0.6) is 11.5 Å². The average Bonchev–Trinajstić information content (AvgIpc) is 3.12. The van der Waals surface area contributed by atoms with E-state index in [1.165, 1.54) is 12.8 Å². The first-order valence-electron chi connectivity index (χ1n) is 8.61. The van der Waals surface area contributed by atoms with E-state index in [2.05, 4.69) is 29.8 Å². The second-order valence-corrected chi connectivity index (χ2v) is 5.85. The van der Waals surface area contributed by atoms with E-state index in [1.54, 1.807) is 14.2 Å². The highest BCUT2D eigenvalue weighted by Gasteiger charge is 2.16. The molecule has 0 aromatic heterocycles. The molecule has 0 saturated carbocycles. The fourth-order valence-electron chi connectivity index (χ4n) is 3.03. The van der Waals surface area contributed by atoms with E-state index < -0.39 is 0 Å². The second-order valence-electron chi connectivity index (χ2n) is 5.85. The summed E-state index contributed by atoms with van der Waals surface area (Å²) in [6.45, 7) is 9.59. The van der Waals surface area contributed by atoms with E-state index in [0.29, 0.717) is 6.54 Å². The van der Waals surface area contributed by atoms with Crippen LogP contribution >= 0.6 is 24.0 Å². The van der Waals surface area contributed by atoms with E-state index in [9.17, 15) is 0 Å². The summed E-state index contributed by atoms with van der Waals surface area (Å²) < 4.78 is 11.0. The molecule has 0 spiro atoms. The Morgan fingerprint density at radius 1 is 1.28 bits per heavy atom. The number of benzene rings is 1. The van der Waals surface area contributed by atoms with Gasteiger partial charge in [-0.15, -0.1) is 30.6 Å². The Kier molecular flexibility index (Phi) is 9.70. The molecule has 1 N–H and O–H groups in total. The molecule has 0 atom stereocenters. The number of nitrogens with zero attached hydrogens (tertiary/aromatic N) is 2. The van der Waals surface area contributed by atoms with Crippen molar-refractivity contribution in [2.45, 2.75) is 32.7 Å². The fraction of sp³-hybridized carbons (Fsp3) is 0.526. The molecule has 0 bridgehead atoms. The summed E-state index contributed by atoms with van der Waals surface area (Å²) in [6, 6.07) is 4.13. The molecule has 1 fully saturated rings. The lowest BCUT2D eigenvalue weighted by molar-refractivity contribution is 0.352. The molecule has 2 rings (SSSR count). The Hall–Kier alpha value is -1.44. The second kappa shape index (κ2) is 11.2. The number of hydrogen-bond donors (Lipinski definition) is 1. The van der Waals surface area contributed by atoms with Crippen LogP contribution in [0.4, 0.5) is 0 Å². The zero-order valence-electron chi connectivity index (χ0n) is 15.5. The van der Waals surface area contributed by atoms with Gasteiger partial charge in [-0.05, 0) is 43.9 Å². The first-order valence-corrected chi connectivity index (χ1v) is 8.61. The van der Waals surface area contributed by atoms with Crippen molar-refractivity contribution >= 4 is 29.9 Å². The largest absolute Gasteiger partial charge is 0.493 e. The summed E-state index contributed by atoms with van der Waals surface area (Å²) in [5, 5.41) is 3.39. The van der Waals surface area contributed by atoms with Gasteiger partial charge in [-0.2, -0.15) is 0 Å². The number of likely N-dealkylation sites (tertiary alicyclic amines) is 1. The quantitative estimate of drug-likeness (QED) is 0.293. The zero-order valence-corrected chi connectivity index (χ0v) is 17.8. The minimum absolute atomic E-state index is 0. The van der Waals surface area contributed by atoms with Crippen LogP contribution in [-0.2, 0) is 13.0 Å². The first-order chi connectivity index (χ1) is 11.7. The molecule has 0 unspecified atom stereocenters. The number of allylic oxidation sites excluding steroid dienone is 1.